The van der Waals surface area contributed by atoms with Crippen molar-refractivity contribution in [2.75, 3.05) is 6.54 Å². The van der Waals surface area contributed by atoms with Gasteiger partial charge in [0.15, 0.2) is 0 Å². The van der Waals surface area contributed by atoms with Crippen LogP contribution in [0.25, 0.3) is 5.69 Å². The monoisotopic (exact) mass is 286 g/mol. The van der Waals surface area contributed by atoms with Gasteiger partial charge < -0.3 is 10.6 Å². The summed E-state index contributed by atoms with van der Waals surface area (Å²) >= 11 is 0. The van der Waals surface area contributed by atoms with E-state index in [2.05, 4.69) is 45.2 Å². The van der Waals surface area contributed by atoms with Crippen molar-refractivity contribution in [2.24, 2.45) is 0 Å². The van der Waals surface area contributed by atoms with Crippen molar-refractivity contribution in [1.82, 2.24) is 30.8 Å². The molecule has 0 spiro atoms. The predicted molar refractivity (Wildman–Crippen MR) is 76.7 cm³/mol. The van der Waals surface area contributed by atoms with Gasteiger partial charge in [-0.3, -0.25) is 4.79 Å². The maximum atomic E-state index is 11.2. The van der Waals surface area contributed by atoms with Gasteiger partial charge >= 0.3 is 0 Å². The fraction of sp³-hybridized carbons (Fsp3) is 0.429. The Labute approximate surface area is 122 Å². The highest BCUT2D eigenvalue weighted by Crippen LogP contribution is 2.16. The average Bonchev–Trinajstić information content (AvgIpc) is 3.16. The summed E-state index contributed by atoms with van der Waals surface area (Å²) in [7, 11) is 0. The summed E-state index contributed by atoms with van der Waals surface area (Å²) < 4.78 is 1.63. The molecule has 0 saturated carbocycles. The lowest BCUT2D eigenvalue weighted by atomic mass is 10.1. The minimum Gasteiger partial charge on any atom is -0.352 e. The van der Waals surface area contributed by atoms with E-state index in [1.54, 1.807) is 11.0 Å². The normalized spacial score (nSPS) is 19.5. The molecule has 0 bridgehead atoms. The minimum atomic E-state index is 0.148. The summed E-state index contributed by atoms with van der Waals surface area (Å²) in [6, 6.07) is 8.51. The van der Waals surface area contributed by atoms with Crippen molar-refractivity contribution in [3.8, 4) is 5.69 Å². The molecule has 3 rings (SSSR count). The first kappa shape index (κ1) is 13.7. The van der Waals surface area contributed by atoms with Gasteiger partial charge in [-0.15, -0.1) is 5.10 Å². The molecule has 2 heterocycles. The molecule has 0 aliphatic carbocycles. The number of benzene rings is 1. The number of rotatable bonds is 5. The Kier molecular flexibility index (Phi) is 3.92. The van der Waals surface area contributed by atoms with Crippen molar-refractivity contribution < 1.29 is 4.79 Å². The lowest BCUT2D eigenvalue weighted by Crippen LogP contribution is -2.36. The molecule has 2 aromatic rings. The highest BCUT2D eigenvalue weighted by atomic mass is 16.1. The smallest absolute Gasteiger partial charge is 0.220 e. The van der Waals surface area contributed by atoms with Gasteiger partial charge in [-0.1, -0.05) is 12.1 Å². The van der Waals surface area contributed by atoms with Crippen LogP contribution in [0.1, 0.15) is 31.4 Å². The van der Waals surface area contributed by atoms with Crippen LogP contribution in [0.3, 0.4) is 0 Å². The van der Waals surface area contributed by atoms with Gasteiger partial charge in [0.1, 0.15) is 6.33 Å². The predicted octanol–water partition coefficient (Wildman–Crippen LogP) is 0.591. The Morgan fingerprint density at radius 3 is 3.14 bits per heavy atom. The van der Waals surface area contributed by atoms with Gasteiger partial charge in [-0.2, -0.15) is 0 Å². The number of carbonyl (C=O) groups excluding carboxylic acids is 1. The van der Waals surface area contributed by atoms with Gasteiger partial charge in [0.25, 0.3) is 0 Å². The standard InChI is InChI=1S/C14H18N6O/c1-10(15-8-12-5-6-14(21)17-12)11-3-2-4-13(7-11)20-9-16-18-19-20/h2-4,7,9-10,12,15H,5-6,8H2,1H3,(H,17,21). The highest BCUT2D eigenvalue weighted by molar-refractivity contribution is 5.78. The number of nitrogens with zero attached hydrogens (tertiary/aromatic N) is 4. The Hall–Kier alpha value is -2.28. The number of nitrogens with one attached hydrogen (secondary N) is 2. The van der Waals surface area contributed by atoms with E-state index in [0.717, 1.165) is 24.2 Å². The van der Waals surface area contributed by atoms with E-state index in [1.807, 2.05) is 12.1 Å². The summed E-state index contributed by atoms with van der Waals surface area (Å²) in [6.45, 7) is 2.89. The van der Waals surface area contributed by atoms with Gasteiger partial charge in [-0.05, 0) is 41.5 Å². The molecule has 7 heteroatoms. The first-order chi connectivity index (χ1) is 10.2. The molecule has 1 aromatic carbocycles. The molecule has 110 valence electrons. The molecule has 1 saturated heterocycles. The topological polar surface area (TPSA) is 84.7 Å². The molecule has 21 heavy (non-hydrogen) atoms. The van der Waals surface area contributed by atoms with Crippen molar-refractivity contribution >= 4 is 5.91 Å². The second-order valence-corrected chi connectivity index (χ2v) is 5.28. The summed E-state index contributed by atoms with van der Waals surface area (Å²) in [6.07, 6.45) is 3.12. The molecular formula is C14H18N6O. The van der Waals surface area contributed by atoms with E-state index < -0.39 is 0 Å². The summed E-state index contributed by atoms with van der Waals surface area (Å²) in [5.74, 6) is 0.148. The van der Waals surface area contributed by atoms with E-state index in [-0.39, 0.29) is 18.0 Å². The summed E-state index contributed by atoms with van der Waals surface area (Å²) in [5, 5.41) is 17.6. The van der Waals surface area contributed by atoms with Crippen LogP contribution in [-0.4, -0.2) is 38.7 Å². The van der Waals surface area contributed by atoms with E-state index in [0.29, 0.717) is 6.42 Å². The number of carbonyl (C=O) groups is 1. The Morgan fingerprint density at radius 1 is 1.52 bits per heavy atom. The summed E-state index contributed by atoms with van der Waals surface area (Å²) in [4.78, 5) is 11.2. The van der Waals surface area contributed by atoms with E-state index in [1.165, 1.54) is 0 Å². The quantitative estimate of drug-likeness (QED) is 0.840. The van der Waals surface area contributed by atoms with Gasteiger partial charge in [0.05, 0.1) is 5.69 Å². The van der Waals surface area contributed by atoms with Crippen molar-refractivity contribution in [3.05, 3.63) is 36.2 Å². The number of amides is 1. The number of aromatic nitrogens is 4. The van der Waals surface area contributed by atoms with Crippen LogP contribution in [0.2, 0.25) is 0 Å². The molecule has 2 N–H and O–H groups in total. The first-order valence-electron chi connectivity index (χ1n) is 7.08. The maximum absolute atomic E-state index is 11.2. The molecule has 2 atom stereocenters. The third-order valence-corrected chi connectivity index (χ3v) is 3.74. The molecule has 0 radical (unpaired) electrons. The molecular weight excluding hydrogens is 268 g/mol. The highest BCUT2D eigenvalue weighted by Gasteiger charge is 2.20. The molecule has 1 aromatic heterocycles. The fourth-order valence-corrected chi connectivity index (χ4v) is 2.48. The van der Waals surface area contributed by atoms with Gasteiger partial charge in [0, 0.05) is 25.0 Å². The molecule has 7 nitrogen and oxygen atoms in total. The van der Waals surface area contributed by atoms with Crippen molar-refractivity contribution in [1.29, 1.82) is 0 Å². The van der Waals surface area contributed by atoms with E-state index >= 15 is 0 Å². The van der Waals surface area contributed by atoms with Crippen LogP contribution in [0.5, 0.6) is 0 Å². The largest absolute Gasteiger partial charge is 0.352 e. The fourth-order valence-electron chi connectivity index (χ4n) is 2.48. The van der Waals surface area contributed by atoms with Crippen LogP contribution < -0.4 is 10.6 Å². The molecule has 1 aliphatic heterocycles. The Morgan fingerprint density at radius 2 is 2.43 bits per heavy atom. The van der Waals surface area contributed by atoms with Crippen LogP contribution in [0.15, 0.2) is 30.6 Å². The third-order valence-electron chi connectivity index (χ3n) is 3.74. The Balaban J connectivity index is 1.63. The van der Waals surface area contributed by atoms with Gasteiger partial charge in [-0.25, -0.2) is 4.68 Å². The van der Waals surface area contributed by atoms with Crippen molar-refractivity contribution in [2.45, 2.75) is 31.8 Å². The lowest BCUT2D eigenvalue weighted by Gasteiger charge is -2.18. The lowest BCUT2D eigenvalue weighted by molar-refractivity contribution is -0.119. The minimum absolute atomic E-state index is 0.148. The maximum Gasteiger partial charge on any atom is 0.220 e. The number of tetrazole rings is 1. The zero-order valence-electron chi connectivity index (χ0n) is 11.9. The van der Waals surface area contributed by atoms with E-state index in [4.69, 9.17) is 0 Å². The van der Waals surface area contributed by atoms with Gasteiger partial charge in [0.2, 0.25) is 5.91 Å². The van der Waals surface area contributed by atoms with Crippen LogP contribution in [0.4, 0.5) is 0 Å². The van der Waals surface area contributed by atoms with Crippen LogP contribution in [0, 0.1) is 0 Å². The average molecular weight is 286 g/mol. The third kappa shape index (κ3) is 3.25. The van der Waals surface area contributed by atoms with Crippen LogP contribution >= 0.6 is 0 Å². The summed E-state index contributed by atoms with van der Waals surface area (Å²) in [5.41, 5.74) is 2.09. The van der Waals surface area contributed by atoms with Crippen LogP contribution in [-0.2, 0) is 4.79 Å². The SMILES string of the molecule is CC(NCC1CCC(=O)N1)c1cccc(-n2cnnn2)c1. The zero-order valence-corrected chi connectivity index (χ0v) is 11.9. The number of hydrogen-bond acceptors (Lipinski definition) is 5. The van der Waals surface area contributed by atoms with E-state index in [9.17, 15) is 4.79 Å². The first-order valence-corrected chi connectivity index (χ1v) is 7.08. The second-order valence-electron chi connectivity index (χ2n) is 5.28. The van der Waals surface area contributed by atoms with Crippen molar-refractivity contribution in [3.63, 3.8) is 0 Å². The molecule has 1 aliphatic rings. The molecule has 1 fully saturated rings. The molecule has 1 amide bonds. The molecule has 2 unspecified atom stereocenters. The second kappa shape index (κ2) is 6.01. The number of hydrogen-bond donors (Lipinski definition) is 2. The zero-order chi connectivity index (χ0) is 14.7. The Bertz CT molecular complexity index is 612.